The third-order valence-electron chi connectivity index (χ3n) is 5.94. The highest BCUT2D eigenvalue weighted by molar-refractivity contribution is 9.10. The Hall–Kier alpha value is -3.13. The van der Waals surface area contributed by atoms with Crippen molar-refractivity contribution in [1.29, 1.82) is 0 Å². The second-order valence-corrected chi connectivity index (χ2v) is 11.0. The number of benzene rings is 4. The summed E-state index contributed by atoms with van der Waals surface area (Å²) in [6.45, 7) is 3.28. The molecule has 5 rings (SSSR count). The predicted molar refractivity (Wildman–Crippen MR) is 159 cm³/mol. The fourth-order valence-electron chi connectivity index (χ4n) is 4.20. The van der Waals surface area contributed by atoms with Gasteiger partial charge in [0.2, 0.25) is 0 Å². The van der Waals surface area contributed by atoms with E-state index in [0.717, 1.165) is 26.5 Å². The molecule has 1 fully saturated rings. The number of halogens is 1. The van der Waals surface area contributed by atoms with Gasteiger partial charge in [0.25, 0.3) is 5.91 Å². The molecule has 1 aliphatic rings. The van der Waals surface area contributed by atoms with Crippen LogP contribution in [0.15, 0.2) is 94.3 Å². The quantitative estimate of drug-likeness (QED) is 0.154. The van der Waals surface area contributed by atoms with E-state index < -0.39 is 0 Å². The Morgan fingerprint density at radius 2 is 1.73 bits per heavy atom. The van der Waals surface area contributed by atoms with Crippen molar-refractivity contribution in [3.63, 3.8) is 0 Å². The SMILES string of the molecule is CCOc1cc(/C=C2\SC(=S)N(Cc3ccccc3)C2=O)cc(Br)c1OCc1cccc2ccccc12. The summed E-state index contributed by atoms with van der Waals surface area (Å²) in [4.78, 5) is 15.4. The summed E-state index contributed by atoms with van der Waals surface area (Å²) in [5.74, 6) is 1.15. The minimum absolute atomic E-state index is 0.0933. The van der Waals surface area contributed by atoms with Crippen LogP contribution in [-0.4, -0.2) is 21.7 Å². The lowest BCUT2D eigenvalue weighted by atomic mass is 10.1. The number of carbonyl (C=O) groups excluding carboxylic acids is 1. The van der Waals surface area contributed by atoms with E-state index in [1.54, 1.807) is 4.90 Å². The summed E-state index contributed by atoms with van der Waals surface area (Å²) in [5, 5.41) is 2.33. The van der Waals surface area contributed by atoms with Crippen molar-refractivity contribution in [1.82, 2.24) is 4.90 Å². The number of nitrogens with zero attached hydrogens (tertiary/aromatic N) is 1. The minimum atomic E-state index is -0.0933. The Labute approximate surface area is 234 Å². The normalized spacial score (nSPS) is 14.5. The summed E-state index contributed by atoms with van der Waals surface area (Å²) in [7, 11) is 0. The standard InChI is InChI=1S/C30H24BrNO3S2/c1-2-34-26-16-21(17-27-29(33)32(30(36)37-27)18-20-9-4-3-5-10-20)15-25(31)28(26)35-19-23-13-8-12-22-11-6-7-14-24(22)23/h3-17H,2,18-19H2,1H3/b27-17-. The van der Waals surface area contributed by atoms with Gasteiger partial charge in [0.15, 0.2) is 11.5 Å². The lowest BCUT2D eigenvalue weighted by Gasteiger charge is -2.16. The molecule has 0 spiro atoms. The van der Waals surface area contributed by atoms with Crippen LogP contribution in [0.1, 0.15) is 23.6 Å². The minimum Gasteiger partial charge on any atom is -0.490 e. The van der Waals surface area contributed by atoms with Gasteiger partial charge in [-0.2, -0.15) is 0 Å². The molecular weight excluding hydrogens is 566 g/mol. The fraction of sp³-hybridized carbons (Fsp3) is 0.133. The number of amides is 1. The maximum Gasteiger partial charge on any atom is 0.266 e. The third kappa shape index (κ3) is 5.74. The first-order valence-corrected chi connectivity index (χ1v) is 13.9. The van der Waals surface area contributed by atoms with Gasteiger partial charge in [-0.1, -0.05) is 96.8 Å². The second kappa shape index (κ2) is 11.5. The van der Waals surface area contributed by atoms with Crippen molar-refractivity contribution in [2.45, 2.75) is 20.1 Å². The molecule has 0 aliphatic carbocycles. The lowest BCUT2D eigenvalue weighted by molar-refractivity contribution is -0.122. The highest BCUT2D eigenvalue weighted by Crippen LogP contribution is 2.40. The first kappa shape index (κ1) is 25.5. The van der Waals surface area contributed by atoms with E-state index in [2.05, 4.69) is 40.2 Å². The van der Waals surface area contributed by atoms with Gasteiger partial charge < -0.3 is 9.47 Å². The van der Waals surface area contributed by atoms with Gasteiger partial charge in [-0.05, 0) is 68.5 Å². The topological polar surface area (TPSA) is 38.8 Å². The Bertz CT molecular complexity index is 1500. The number of hydrogen-bond donors (Lipinski definition) is 0. The van der Waals surface area contributed by atoms with Crippen LogP contribution >= 0.6 is 39.9 Å². The third-order valence-corrected chi connectivity index (χ3v) is 7.91. The molecule has 1 amide bonds. The van der Waals surface area contributed by atoms with E-state index in [1.807, 2.05) is 73.7 Å². The number of ether oxygens (including phenoxy) is 2. The molecule has 4 aromatic carbocycles. The molecular formula is C30H24BrNO3S2. The second-order valence-electron chi connectivity index (χ2n) is 8.44. The van der Waals surface area contributed by atoms with Crippen LogP contribution in [0.5, 0.6) is 11.5 Å². The van der Waals surface area contributed by atoms with Gasteiger partial charge in [0, 0.05) is 0 Å². The maximum atomic E-state index is 13.1. The molecule has 1 heterocycles. The first-order chi connectivity index (χ1) is 18.0. The van der Waals surface area contributed by atoms with Crippen LogP contribution in [0.2, 0.25) is 0 Å². The molecule has 0 unspecified atom stereocenters. The van der Waals surface area contributed by atoms with Gasteiger partial charge >= 0.3 is 0 Å². The summed E-state index contributed by atoms with van der Waals surface area (Å²) in [6, 6.07) is 28.2. The number of thioether (sulfide) groups is 1. The highest BCUT2D eigenvalue weighted by Gasteiger charge is 2.32. The molecule has 0 atom stereocenters. The molecule has 0 aromatic heterocycles. The largest absolute Gasteiger partial charge is 0.490 e. The van der Waals surface area contributed by atoms with Crippen LogP contribution < -0.4 is 9.47 Å². The zero-order valence-corrected chi connectivity index (χ0v) is 23.4. The van der Waals surface area contributed by atoms with Crippen LogP contribution in [-0.2, 0) is 17.9 Å². The number of fused-ring (bicyclic) bond motifs is 1. The monoisotopic (exact) mass is 589 g/mol. The Balaban J connectivity index is 1.38. The average Bonchev–Trinajstić information content (AvgIpc) is 3.16. The fourth-order valence-corrected chi connectivity index (χ4v) is 6.03. The van der Waals surface area contributed by atoms with Crippen molar-refractivity contribution < 1.29 is 14.3 Å². The molecule has 0 N–H and O–H groups in total. The van der Waals surface area contributed by atoms with Crippen molar-refractivity contribution in [2.24, 2.45) is 0 Å². The van der Waals surface area contributed by atoms with Crippen molar-refractivity contribution in [2.75, 3.05) is 6.61 Å². The summed E-state index contributed by atoms with van der Waals surface area (Å²) in [5.41, 5.74) is 2.96. The Morgan fingerprint density at radius 1 is 0.973 bits per heavy atom. The van der Waals surface area contributed by atoms with Crippen LogP contribution in [0.4, 0.5) is 0 Å². The molecule has 1 saturated heterocycles. The number of hydrogen-bond acceptors (Lipinski definition) is 5. The van der Waals surface area contributed by atoms with Gasteiger partial charge in [-0.25, -0.2) is 0 Å². The van der Waals surface area contributed by atoms with Crippen LogP contribution in [0.3, 0.4) is 0 Å². The molecule has 4 aromatic rings. The Kier molecular flexibility index (Phi) is 7.93. The van der Waals surface area contributed by atoms with E-state index in [1.165, 1.54) is 17.1 Å². The van der Waals surface area contributed by atoms with E-state index in [9.17, 15) is 4.79 Å². The van der Waals surface area contributed by atoms with Crippen molar-refractivity contribution in [3.05, 3.63) is 111 Å². The van der Waals surface area contributed by atoms with Crippen LogP contribution in [0, 0.1) is 0 Å². The van der Waals surface area contributed by atoms with E-state index >= 15 is 0 Å². The molecule has 37 heavy (non-hydrogen) atoms. The molecule has 7 heteroatoms. The van der Waals surface area contributed by atoms with Gasteiger partial charge in [-0.3, -0.25) is 9.69 Å². The number of thiocarbonyl (C=S) groups is 1. The maximum absolute atomic E-state index is 13.1. The van der Waals surface area contributed by atoms with Crippen molar-refractivity contribution in [3.8, 4) is 11.5 Å². The average molecular weight is 591 g/mol. The van der Waals surface area contributed by atoms with Crippen molar-refractivity contribution >= 4 is 67.0 Å². The van der Waals surface area contributed by atoms with Gasteiger partial charge in [0.05, 0.1) is 22.5 Å². The van der Waals surface area contributed by atoms with Gasteiger partial charge in [0.1, 0.15) is 10.9 Å². The van der Waals surface area contributed by atoms with Gasteiger partial charge in [-0.15, -0.1) is 0 Å². The summed E-state index contributed by atoms with van der Waals surface area (Å²) >= 11 is 10.5. The molecule has 0 bridgehead atoms. The smallest absolute Gasteiger partial charge is 0.266 e. The molecule has 4 nitrogen and oxygen atoms in total. The lowest BCUT2D eigenvalue weighted by Crippen LogP contribution is -2.27. The number of rotatable bonds is 8. The zero-order valence-electron chi connectivity index (χ0n) is 20.1. The first-order valence-electron chi connectivity index (χ1n) is 11.9. The predicted octanol–water partition coefficient (Wildman–Crippen LogP) is 7.98. The number of carbonyl (C=O) groups is 1. The summed E-state index contributed by atoms with van der Waals surface area (Å²) < 4.78 is 13.5. The Morgan fingerprint density at radius 3 is 2.54 bits per heavy atom. The molecule has 0 radical (unpaired) electrons. The van der Waals surface area contributed by atoms with E-state index in [0.29, 0.717) is 40.5 Å². The molecule has 1 aliphatic heterocycles. The molecule has 0 saturated carbocycles. The molecule has 186 valence electrons. The van der Waals surface area contributed by atoms with E-state index in [-0.39, 0.29) is 5.91 Å². The highest BCUT2D eigenvalue weighted by atomic mass is 79.9. The summed E-state index contributed by atoms with van der Waals surface area (Å²) in [6.07, 6.45) is 1.85. The van der Waals surface area contributed by atoms with E-state index in [4.69, 9.17) is 21.7 Å². The van der Waals surface area contributed by atoms with Crippen LogP contribution in [0.25, 0.3) is 16.8 Å². The zero-order chi connectivity index (χ0) is 25.8.